The lowest BCUT2D eigenvalue weighted by molar-refractivity contribution is 0.660. The van der Waals surface area contributed by atoms with Crippen LogP contribution in [0.15, 0.2) is 158 Å². The number of rotatable bonds is 4. The Morgan fingerprint density at radius 3 is 1.96 bits per heavy atom. The molecule has 45 heavy (non-hydrogen) atoms. The Hall–Kier alpha value is -5.60. The molecule has 0 spiro atoms. The average molecular weight is 577 g/mol. The van der Waals surface area contributed by atoms with Crippen LogP contribution in [-0.4, -0.2) is 4.57 Å². The van der Waals surface area contributed by atoms with Crippen LogP contribution >= 0.6 is 0 Å². The Morgan fingerprint density at radius 2 is 1.11 bits per heavy atom. The van der Waals surface area contributed by atoms with Crippen LogP contribution in [0.3, 0.4) is 0 Å². The lowest BCUT2D eigenvalue weighted by Gasteiger charge is -2.27. The first kappa shape index (κ1) is 25.9. The van der Waals surface area contributed by atoms with Crippen molar-refractivity contribution in [3.63, 3.8) is 0 Å². The SMILES string of the molecule is CC1(C)c2ccccc2-c2cc(N(c3ccccc3)c3ccc4ccc5c6ccccc6n(-c6ccccc6)c5c4c3)ccc21. The third-order valence-electron chi connectivity index (χ3n) is 9.75. The molecule has 2 heteroatoms. The number of hydrogen-bond donors (Lipinski definition) is 0. The van der Waals surface area contributed by atoms with E-state index in [4.69, 9.17) is 0 Å². The van der Waals surface area contributed by atoms with Gasteiger partial charge in [-0.2, -0.15) is 0 Å². The van der Waals surface area contributed by atoms with Gasteiger partial charge in [-0.3, -0.25) is 0 Å². The maximum absolute atomic E-state index is 2.43. The maximum atomic E-state index is 2.43. The predicted octanol–water partition coefficient (Wildman–Crippen LogP) is 11.7. The number of fused-ring (bicyclic) bond motifs is 8. The molecule has 1 aromatic heterocycles. The molecule has 0 N–H and O–H groups in total. The van der Waals surface area contributed by atoms with Gasteiger partial charge in [-0.25, -0.2) is 0 Å². The van der Waals surface area contributed by atoms with E-state index >= 15 is 0 Å². The van der Waals surface area contributed by atoms with Crippen molar-refractivity contribution >= 4 is 49.6 Å². The second-order valence-corrected chi connectivity index (χ2v) is 12.6. The van der Waals surface area contributed by atoms with Crippen LogP contribution in [0.1, 0.15) is 25.0 Å². The molecular formula is C43H32N2. The van der Waals surface area contributed by atoms with Gasteiger partial charge in [0, 0.05) is 44.3 Å². The summed E-state index contributed by atoms with van der Waals surface area (Å²) < 4.78 is 2.43. The van der Waals surface area contributed by atoms with Crippen LogP contribution in [0.25, 0.3) is 49.4 Å². The average Bonchev–Trinajstić information content (AvgIpc) is 3.55. The number of para-hydroxylation sites is 3. The van der Waals surface area contributed by atoms with Crippen molar-refractivity contribution in [3.8, 4) is 16.8 Å². The van der Waals surface area contributed by atoms with Gasteiger partial charge in [-0.1, -0.05) is 117 Å². The van der Waals surface area contributed by atoms with Gasteiger partial charge >= 0.3 is 0 Å². The molecule has 0 amide bonds. The molecule has 7 aromatic carbocycles. The van der Waals surface area contributed by atoms with E-state index in [0.29, 0.717) is 0 Å². The largest absolute Gasteiger partial charge is 0.310 e. The van der Waals surface area contributed by atoms with Gasteiger partial charge in [0.1, 0.15) is 0 Å². The molecule has 2 nitrogen and oxygen atoms in total. The number of anilines is 3. The number of benzene rings is 7. The predicted molar refractivity (Wildman–Crippen MR) is 191 cm³/mol. The molecule has 1 aliphatic rings. The molecule has 0 radical (unpaired) electrons. The van der Waals surface area contributed by atoms with Crippen molar-refractivity contribution in [1.82, 2.24) is 4.57 Å². The van der Waals surface area contributed by atoms with Crippen molar-refractivity contribution in [3.05, 3.63) is 169 Å². The van der Waals surface area contributed by atoms with Gasteiger partial charge in [0.05, 0.1) is 11.0 Å². The maximum Gasteiger partial charge on any atom is 0.0620 e. The second kappa shape index (κ2) is 9.70. The molecule has 0 saturated heterocycles. The highest BCUT2D eigenvalue weighted by atomic mass is 15.1. The van der Waals surface area contributed by atoms with Gasteiger partial charge in [0.25, 0.3) is 0 Å². The zero-order chi connectivity index (χ0) is 30.1. The summed E-state index contributed by atoms with van der Waals surface area (Å²) in [6, 6.07) is 57.6. The van der Waals surface area contributed by atoms with Gasteiger partial charge in [0.2, 0.25) is 0 Å². The Kier molecular flexibility index (Phi) is 5.58. The lowest BCUT2D eigenvalue weighted by atomic mass is 9.82. The van der Waals surface area contributed by atoms with Crippen LogP contribution in [0.2, 0.25) is 0 Å². The van der Waals surface area contributed by atoms with Crippen molar-refractivity contribution < 1.29 is 0 Å². The van der Waals surface area contributed by atoms with Crippen LogP contribution in [0, 0.1) is 0 Å². The summed E-state index contributed by atoms with van der Waals surface area (Å²) in [5.41, 5.74) is 12.5. The topological polar surface area (TPSA) is 8.17 Å². The van der Waals surface area contributed by atoms with Gasteiger partial charge < -0.3 is 9.47 Å². The molecule has 0 bridgehead atoms. The van der Waals surface area contributed by atoms with Crippen molar-refractivity contribution in [2.75, 3.05) is 4.90 Å². The molecule has 0 saturated carbocycles. The number of nitrogens with zero attached hydrogens (tertiary/aromatic N) is 2. The van der Waals surface area contributed by atoms with Crippen LogP contribution in [-0.2, 0) is 5.41 Å². The Labute approximate surface area is 263 Å². The minimum Gasteiger partial charge on any atom is -0.310 e. The highest BCUT2D eigenvalue weighted by molar-refractivity contribution is 6.19. The standard InChI is InChI=1S/C43H32N2/c1-43(2)39-19-11-9-17-34(39)38-28-33(24-26-40(38)43)44(30-13-5-3-6-14-30)32-23-21-29-22-25-36-35-18-10-12-20-41(35)45(42(36)37(29)27-32)31-15-7-4-8-16-31/h3-28H,1-2H3. The molecule has 0 unspecified atom stereocenters. The molecule has 1 heterocycles. The summed E-state index contributed by atoms with van der Waals surface area (Å²) in [5, 5.41) is 4.99. The summed E-state index contributed by atoms with van der Waals surface area (Å²) in [4.78, 5) is 2.40. The highest BCUT2D eigenvalue weighted by Crippen LogP contribution is 2.50. The van der Waals surface area contributed by atoms with Crippen molar-refractivity contribution in [1.29, 1.82) is 0 Å². The summed E-state index contributed by atoms with van der Waals surface area (Å²) in [6.07, 6.45) is 0. The van der Waals surface area contributed by atoms with Gasteiger partial charge in [-0.05, 0) is 82.2 Å². The normalized spacial score (nSPS) is 13.3. The minimum atomic E-state index is -0.0263. The third kappa shape index (κ3) is 3.82. The number of hydrogen-bond acceptors (Lipinski definition) is 1. The minimum absolute atomic E-state index is 0.0263. The second-order valence-electron chi connectivity index (χ2n) is 12.6. The zero-order valence-corrected chi connectivity index (χ0v) is 25.4. The Morgan fingerprint density at radius 1 is 0.467 bits per heavy atom. The highest BCUT2D eigenvalue weighted by Gasteiger charge is 2.35. The van der Waals surface area contributed by atoms with E-state index in [-0.39, 0.29) is 5.41 Å². The molecule has 0 atom stereocenters. The van der Waals surface area contributed by atoms with E-state index in [1.807, 2.05) is 0 Å². The molecule has 8 aromatic rings. The first-order valence-electron chi connectivity index (χ1n) is 15.7. The van der Waals surface area contributed by atoms with Gasteiger partial charge in [-0.15, -0.1) is 0 Å². The first-order chi connectivity index (χ1) is 22.1. The molecule has 0 aliphatic heterocycles. The molecule has 1 aliphatic carbocycles. The first-order valence-corrected chi connectivity index (χ1v) is 15.7. The smallest absolute Gasteiger partial charge is 0.0620 e. The number of aromatic nitrogens is 1. The fourth-order valence-electron chi connectivity index (χ4n) is 7.62. The fourth-order valence-corrected chi connectivity index (χ4v) is 7.62. The van der Waals surface area contributed by atoms with Gasteiger partial charge in [0.15, 0.2) is 0 Å². The van der Waals surface area contributed by atoms with E-state index in [2.05, 4.69) is 181 Å². The Bertz CT molecular complexity index is 2400. The summed E-state index contributed by atoms with van der Waals surface area (Å²) in [5.74, 6) is 0. The molecular weight excluding hydrogens is 544 g/mol. The molecule has 9 rings (SSSR count). The van der Waals surface area contributed by atoms with Crippen LogP contribution in [0.5, 0.6) is 0 Å². The van der Waals surface area contributed by atoms with E-state index < -0.39 is 0 Å². The quantitative estimate of drug-likeness (QED) is 0.202. The summed E-state index contributed by atoms with van der Waals surface area (Å²) in [7, 11) is 0. The zero-order valence-electron chi connectivity index (χ0n) is 25.4. The van der Waals surface area contributed by atoms with Crippen molar-refractivity contribution in [2.45, 2.75) is 19.3 Å². The lowest BCUT2D eigenvalue weighted by Crippen LogP contribution is -2.15. The van der Waals surface area contributed by atoms with E-state index in [9.17, 15) is 0 Å². The monoisotopic (exact) mass is 576 g/mol. The van der Waals surface area contributed by atoms with E-state index in [1.54, 1.807) is 0 Å². The molecule has 0 fully saturated rings. The van der Waals surface area contributed by atoms with Crippen LogP contribution < -0.4 is 4.90 Å². The van der Waals surface area contributed by atoms with E-state index in [1.165, 1.54) is 60.5 Å². The van der Waals surface area contributed by atoms with Crippen LogP contribution in [0.4, 0.5) is 17.1 Å². The van der Waals surface area contributed by atoms with Crippen molar-refractivity contribution in [2.24, 2.45) is 0 Å². The third-order valence-corrected chi connectivity index (χ3v) is 9.75. The summed E-state index contributed by atoms with van der Waals surface area (Å²) >= 11 is 0. The summed E-state index contributed by atoms with van der Waals surface area (Å²) in [6.45, 7) is 4.68. The van der Waals surface area contributed by atoms with E-state index in [0.717, 1.165) is 17.1 Å². The fraction of sp³-hybridized carbons (Fsp3) is 0.0698. The Balaban J connectivity index is 1.32. The molecule has 214 valence electrons.